The lowest BCUT2D eigenvalue weighted by Crippen LogP contribution is -2.08. The van der Waals surface area contributed by atoms with Crippen LogP contribution in [0.5, 0.6) is 0 Å². The Morgan fingerprint density at radius 3 is 3.00 bits per heavy atom. The molecule has 0 spiro atoms. The molecule has 1 aromatic carbocycles. The van der Waals surface area contributed by atoms with Crippen LogP contribution >= 0.6 is 0 Å². The Kier molecular flexibility index (Phi) is 4.07. The minimum absolute atomic E-state index is 0.0547. The summed E-state index contributed by atoms with van der Waals surface area (Å²) < 4.78 is 6.85. The van der Waals surface area contributed by atoms with Gasteiger partial charge in [-0.05, 0) is 24.1 Å². The highest BCUT2D eigenvalue weighted by Gasteiger charge is 2.09. The molecular formula is C13H18N4O. The van der Waals surface area contributed by atoms with E-state index in [9.17, 15) is 0 Å². The van der Waals surface area contributed by atoms with Crippen LogP contribution in [0.2, 0.25) is 0 Å². The van der Waals surface area contributed by atoms with Gasteiger partial charge in [0.05, 0.1) is 30.2 Å². The van der Waals surface area contributed by atoms with E-state index < -0.39 is 0 Å². The highest BCUT2D eigenvalue weighted by molar-refractivity contribution is 5.35. The Balaban J connectivity index is 2.25. The first kappa shape index (κ1) is 12.7. The lowest BCUT2D eigenvalue weighted by atomic mass is 10.2. The predicted octanol–water partition coefficient (Wildman–Crippen LogP) is 1.82. The van der Waals surface area contributed by atoms with Gasteiger partial charge in [0.1, 0.15) is 0 Å². The van der Waals surface area contributed by atoms with E-state index in [1.807, 2.05) is 37.4 Å². The molecule has 96 valence electrons. The third-order valence-corrected chi connectivity index (χ3v) is 2.82. The molecule has 5 heteroatoms. The fourth-order valence-corrected chi connectivity index (χ4v) is 1.74. The lowest BCUT2D eigenvalue weighted by Gasteiger charge is -2.04. The largest absolute Gasteiger partial charge is 0.380 e. The van der Waals surface area contributed by atoms with Crippen LogP contribution in [0.15, 0.2) is 30.5 Å². The first-order valence-corrected chi connectivity index (χ1v) is 6.00. The normalized spacial score (nSPS) is 12.6. The van der Waals surface area contributed by atoms with Crippen molar-refractivity contribution in [3.05, 3.63) is 41.7 Å². The van der Waals surface area contributed by atoms with Gasteiger partial charge in [-0.15, -0.1) is 5.10 Å². The highest BCUT2D eigenvalue weighted by Crippen LogP contribution is 2.14. The van der Waals surface area contributed by atoms with Gasteiger partial charge in [-0.2, -0.15) is 0 Å². The second-order valence-electron chi connectivity index (χ2n) is 4.21. The molecular weight excluding hydrogens is 228 g/mol. The van der Waals surface area contributed by atoms with Crippen molar-refractivity contribution in [3.63, 3.8) is 0 Å². The number of hydrogen-bond donors (Lipinski definition) is 1. The number of rotatable bonds is 5. The van der Waals surface area contributed by atoms with E-state index in [-0.39, 0.29) is 6.04 Å². The molecule has 1 atom stereocenters. The van der Waals surface area contributed by atoms with Gasteiger partial charge in [0.2, 0.25) is 0 Å². The Hall–Kier alpha value is -1.72. The maximum Gasteiger partial charge on any atom is 0.0998 e. The first-order chi connectivity index (χ1) is 8.74. The van der Waals surface area contributed by atoms with Crippen molar-refractivity contribution in [1.82, 2.24) is 15.0 Å². The van der Waals surface area contributed by atoms with Crippen molar-refractivity contribution in [2.45, 2.75) is 26.0 Å². The van der Waals surface area contributed by atoms with Gasteiger partial charge in [-0.3, -0.25) is 0 Å². The van der Waals surface area contributed by atoms with Crippen LogP contribution in [0.25, 0.3) is 5.69 Å². The summed E-state index contributed by atoms with van der Waals surface area (Å²) in [5, 5.41) is 8.20. The number of aromatic nitrogens is 3. The summed E-state index contributed by atoms with van der Waals surface area (Å²) in [6.45, 7) is 2.62. The van der Waals surface area contributed by atoms with Crippen LogP contribution in [0.4, 0.5) is 0 Å². The van der Waals surface area contributed by atoms with Gasteiger partial charge in [0.15, 0.2) is 0 Å². The monoisotopic (exact) mass is 246 g/mol. The molecule has 0 fully saturated rings. The summed E-state index contributed by atoms with van der Waals surface area (Å²) in [5.74, 6) is 0. The standard InChI is InChI=1S/C13H18N4O/c1-3-12(14)13-8-17(16-15-13)11-6-4-5-10(7-11)9-18-2/h4-8,12H,3,9,14H2,1-2H3. The Morgan fingerprint density at radius 1 is 1.44 bits per heavy atom. The van der Waals surface area contributed by atoms with E-state index in [4.69, 9.17) is 10.5 Å². The van der Waals surface area contributed by atoms with Gasteiger partial charge >= 0.3 is 0 Å². The van der Waals surface area contributed by atoms with Crippen LogP contribution in [0.3, 0.4) is 0 Å². The third-order valence-electron chi connectivity index (χ3n) is 2.82. The van der Waals surface area contributed by atoms with E-state index >= 15 is 0 Å². The number of hydrogen-bond acceptors (Lipinski definition) is 4. The molecule has 5 nitrogen and oxygen atoms in total. The van der Waals surface area contributed by atoms with E-state index in [1.54, 1.807) is 11.8 Å². The zero-order valence-electron chi connectivity index (χ0n) is 10.7. The van der Waals surface area contributed by atoms with Crippen molar-refractivity contribution in [2.24, 2.45) is 5.73 Å². The number of methoxy groups -OCH3 is 1. The molecule has 0 saturated heterocycles. The highest BCUT2D eigenvalue weighted by atomic mass is 16.5. The number of benzene rings is 1. The van der Waals surface area contributed by atoms with Crippen LogP contribution in [0.1, 0.15) is 30.6 Å². The molecule has 0 aliphatic carbocycles. The van der Waals surface area contributed by atoms with Crippen molar-refractivity contribution in [2.75, 3.05) is 7.11 Å². The zero-order valence-corrected chi connectivity index (χ0v) is 10.7. The Labute approximate surface area is 107 Å². The van der Waals surface area contributed by atoms with E-state index in [0.717, 1.165) is 23.4 Å². The fourth-order valence-electron chi connectivity index (χ4n) is 1.74. The second kappa shape index (κ2) is 5.75. The molecule has 2 rings (SSSR count). The molecule has 0 bridgehead atoms. The number of nitrogens with zero attached hydrogens (tertiary/aromatic N) is 3. The van der Waals surface area contributed by atoms with Gasteiger partial charge in [0.25, 0.3) is 0 Å². The lowest BCUT2D eigenvalue weighted by molar-refractivity contribution is 0.185. The number of ether oxygens (including phenoxy) is 1. The van der Waals surface area contributed by atoms with Crippen LogP contribution in [0, 0.1) is 0 Å². The molecule has 0 radical (unpaired) electrons. The van der Waals surface area contributed by atoms with E-state index in [1.165, 1.54) is 0 Å². The van der Waals surface area contributed by atoms with E-state index in [2.05, 4.69) is 10.3 Å². The van der Waals surface area contributed by atoms with Crippen molar-refractivity contribution >= 4 is 0 Å². The summed E-state index contributed by atoms with van der Waals surface area (Å²) in [6, 6.07) is 7.95. The minimum atomic E-state index is -0.0547. The summed E-state index contributed by atoms with van der Waals surface area (Å²) >= 11 is 0. The summed E-state index contributed by atoms with van der Waals surface area (Å²) in [5.41, 5.74) is 8.81. The maximum atomic E-state index is 5.93. The Bertz CT molecular complexity index is 509. The smallest absolute Gasteiger partial charge is 0.0998 e. The second-order valence-corrected chi connectivity index (χ2v) is 4.21. The topological polar surface area (TPSA) is 66.0 Å². The predicted molar refractivity (Wildman–Crippen MR) is 69.3 cm³/mol. The maximum absolute atomic E-state index is 5.93. The molecule has 1 heterocycles. The summed E-state index contributed by atoms with van der Waals surface area (Å²) in [7, 11) is 1.68. The average molecular weight is 246 g/mol. The van der Waals surface area contributed by atoms with Gasteiger partial charge < -0.3 is 10.5 Å². The van der Waals surface area contributed by atoms with Gasteiger partial charge in [-0.25, -0.2) is 4.68 Å². The molecule has 0 aliphatic heterocycles. The van der Waals surface area contributed by atoms with Crippen molar-refractivity contribution in [1.29, 1.82) is 0 Å². The van der Waals surface area contributed by atoms with Crippen LogP contribution in [-0.2, 0) is 11.3 Å². The Morgan fingerprint density at radius 2 is 2.28 bits per heavy atom. The van der Waals surface area contributed by atoms with Crippen LogP contribution < -0.4 is 5.73 Å². The quantitative estimate of drug-likeness (QED) is 0.874. The molecule has 2 N–H and O–H groups in total. The first-order valence-electron chi connectivity index (χ1n) is 6.00. The average Bonchev–Trinajstić information content (AvgIpc) is 2.88. The summed E-state index contributed by atoms with van der Waals surface area (Å²) in [4.78, 5) is 0. The number of nitrogens with two attached hydrogens (primary N) is 1. The third kappa shape index (κ3) is 2.75. The molecule has 0 saturated carbocycles. The zero-order chi connectivity index (χ0) is 13.0. The molecule has 1 aromatic heterocycles. The minimum Gasteiger partial charge on any atom is -0.380 e. The van der Waals surface area contributed by atoms with Crippen molar-refractivity contribution in [3.8, 4) is 5.69 Å². The molecule has 1 unspecified atom stereocenters. The van der Waals surface area contributed by atoms with E-state index in [0.29, 0.717) is 6.61 Å². The van der Waals surface area contributed by atoms with Gasteiger partial charge in [-0.1, -0.05) is 24.3 Å². The summed E-state index contributed by atoms with van der Waals surface area (Å²) in [6.07, 6.45) is 2.72. The van der Waals surface area contributed by atoms with Crippen LogP contribution in [-0.4, -0.2) is 22.1 Å². The molecule has 18 heavy (non-hydrogen) atoms. The van der Waals surface area contributed by atoms with Gasteiger partial charge in [0, 0.05) is 7.11 Å². The molecule has 0 aliphatic rings. The molecule has 0 amide bonds. The van der Waals surface area contributed by atoms with Crippen molar-refractivity contribution < 1.29 is 4.74 Å². The molecule has 2 aromatic rings. The SMILES string of the molecule is CCC(N)c1cn(-c2cccc(COC)c2)nn1. The fraction of sp³-hybridized carbons (Fsp3) is 0.385.